The van der Waals surface area contributed by atoms with Crippen LogP contribution >= 0.6 is 11.3 Å². The van der Waals surface area contributed by atoms with Gasteiger partial charge in [-0.05, 0) is 63.9 Å². The highest BCUT2D eigenvalue weighted by Gasteiger charge is 2.36. The molecule has 164 valence electrons. The van der Waals surface area contributed by atoms with Crippen molar-refractivity contribution in [2.75, 3.05) is 14.2 Å². The van der Waals surface area contributed by atoms with Gasteiger partial charge in [0.05, 0.1) is 36.0 Å². The monoisotopic (exact) mass is 451 g/mol. The Morgan fingerprint density at radius 3 is 2.39 bits per heavy atom. The van der Waals surface area contributed by atoms with Gasteiger partial charge >= 0.3 is 0 Å². The number of benzene rings is 3. The van der Waals surface area contributed by atoms with Crippen LogP contribution in [0.15, 0.2) is 48.5 Å². The van der Waals surface area contributed by atoms with Crippen LogP contribution in [0.25, 0.3) is 43.4 Å². The lowest BCUT2D eigenvalue weighted by Crippen LogP contribution is -2.31. The molecule has 3 nitrogen and oxygen atoms in total. The number of ether oxygens (including phenoxy) is 2. The first-order valence-electron chi connectivity index (χ1n) is 11.5. The van der Waals surface area contributed by atoms with Crippen molar-refractivity contribution in [2.24, 2.45) is 0 Å². The van der Waals surface area contributed by atoms with Crippen molar-refractivity contribution in [3.05, 3.63) is 70.1 Å². The molecule has 0 saturated carbocycles. The molecule has 0 fully saturated rings. The van der Waals surface area contributed by atoms with Crippen LogP contribution in [0.5, 0.6) is 11.5 Å². The van der Waals surface area contributed by atoms with Crippen LogP contribution in [0.4, 0.5) is 0 Å². The Bertz CT molecular complexity index is 1740. The summed E-state index contributed by atoms with van der Waals surface area (Å²) in [6.45, 7) is 4.59. The highest BCUT2D eigenvalue weighted by Crippen LogP contribution is 2.53. The van der Waals surface area contributed by atoms with Crippen molar-refractivity contribution in [3.63, 3.8) is 0 Å². The van der Waals surface area contributed by atoms with Crippen LogP contribution in [0.3, 0.4) is 0 Å². The summed E-state index contributed by atoms with van der Waals surface area (Å²) in [6, 6.07) is 18.1. The second-order valence-corrected chi connectivity index (χ2v) is 10.6. The van der Waals surface area contributed by atoms with Gasteiger partial charge in [0.15, 0.2) is 0 Å². The Balaban J connectivity index is 1.62. The number of fused-ring (bicyclic) bond motifs is 9. The Kier molecular flexibility index (Phi) is 3.88. The van der Waals surface area contributed by atoms with E-state index in [1.165, 1.54) is 52.8 Å². The summed E-state index contributed by atoms with van der Waals surface area (Å²) in [5.41, 5.74) is 5.64. The summed E-state index contributed by atoms with van der Waals surface area (Å²) in [5, 5.41) is 5.25. The zero-order valence-corrected chi connectivity index (χ0v) is 20.0. The van der Waals surface area contributed by atoms with Crippen LogP contribution in [-0.4, -0.2) is 18.8 Å². The minimum Gasteiger partial charge on any atom is -0.497 e. The second-order valence-electron chi connectivity index (χ2n) is 9.52. The number of aromatic nitrogens is 1. The molecule has 0 spiro atoms. The van der Waals surface area contributed by atoms with Crippen molar-refractivity contribution in [1.82, 2.24) is 4.57 Å². The Morgan fingerprint density at radius 1 is 0.818 bits per heavy atom. The molecule has 3 heterocycles. The third-order valence-electron chi connectivity index (χ3n) is 7.45. The van der Waals surface area contributed by atoms with Gasteiger partial charge in [0, 0.05) is 21.4 Å². The first-order valence-corrected chi connectivity index (χ1v) is 12.3. The van der Waals surface area contributed by atoms with Crippen LogP contribution < -0.4 is 19.9 Å². The third kappa shape index (κ3) is 2.50. The maximum Gasteiger partial charge on any atom is 0.120 e. The summed E-state index contributed by atoms with van der Waals surface area (Å²) in [4.78, 5) is 0. The fraction of sp³-hybridized carbons (Fsp3) is 0.241. The molecule has 0 bridgehead atoms. The van der Waals surface area contributed by atoms with Gasteiger partial charge < -0.3 is 14.0 Å². The van der Waals surface area contributed by atoms with Crippen LogP contribution in [0.2, 0.25) is 0 Å². The van der Waals surface area contributed by atoms with Crippen molar-refractivity contribution in [1.29, 1.82) is 0 Å². The van der Waals surface area contributed by atoms with Crippen molar-refractivity contribution >= 4 is 54.7 Å². The lowest BCUT2D eigenvalue weighted by atomic mass is 9.86. The van der Waals surface area contributed by atoms with Crippen LogP contribution in [-0.2, 0) is 0 Å². The van der Waals surface area contributed by atoms with E-state index in [0.29, 0.717) is 11.8 Å². The first kappa shape index (κ1) is 19.2. The van der Waals surface area contributed by atoms with Crippen molar-refractivity contribution in [3.8, 4) is 11.5 Å². The molecular weight excluding hydrogens is 426 g/mol. The number of methoxy groups -OCH3 is 2. The minimum absolute atomic E-state index is 0.266. The number of nitrogens with zero attached hydrogens (tertiary/aromatic N) is 1. The standard InChI is InChI=1S/C29H25NO2S/c1-15(2)17-11-23-22-10-16-5-6-19(31-3)9-18(16)13-25(22)30-27(23)24(12-17)29-28(30)21-8-7-20(32-4)14-26(21)33-29/h5-15,22,25H,1-4H3. The average Bonchev–Trinajstić information content (AvgIpc) is 3.46. The van der Waals surface area contributed by atoms with Gasteiger partial charge in [0.2, 0.25) is 0 Å². The van der Waals surface area contributed by atoms with E-state index in [9.17, 15) is 0 Å². The summed E-state index contributed by atoms with van der Waals surface area (Å²) in [7, 11) is 3.48. The predicted octanol–water partition coefficient (Wildman–Crippen LogP) is 6.06. The quantitative estimate of drug-likeness (QED) is 0.333. The van der Waals surface area contributed by atoms with Crippen LogP contribution in [0.1, 0.15) is 42.9 Å². The molecule has 0 amide bonds. The lowest BCUT2D eigenvalue weighted by Gasteiger charge is -2.21. The Morgan fingerprint density at radius 2 is 1.61 bits per heavy atom. The molecule has 5 aromatic rings. The molecular formula is C29H25NO2S. The molecule has 3 aromatic carbocycles. The molecule has 0 N–H and O–H groups in total. The normalized spacial score (nSPS) is 18.5. The molecule has 1 aliphatic carbocycles. The van der Waals surface area contributed by atoms with E-state index in [-0.39, 0.29) is 6.04 Å². The molecule has 1 aliphatic heterocycles. The zero-order valence-electron chi connectivity index (χ0n) is 19.2. The Hall–Kier alpha value is -3.24. The van der Waals surface area contributed by atoms with E-state index < -0.39 is 0 Å². The van der Waals surface area contributed by atoms with Gasteiger partial charge in [-0.2, -0.15) is 0 Å². The predicted molar refractivity (Wildman–Crippen MR) is 138 cm³/mol. The number of hydrogen-bond donors (Lipinski definition) is 0. The summed E-state index contributed by atoms with van der Waals surface area (Å²) < 4.78 is 16.3. The van der Waals surface area contributed by atoms with E-state index >= 15 is 0 Å². The molecule has 33 heavy (non-hydrogen) atoms. The molecule has 0 saturated heterocycles. The SMILES string of the molecule is COc1ccc2c(c1)=CC1C(C=2)c2cc(C(C)C)cc3c4sc5cc(OC)ccc5c4n1c23. The largest absolute Gasteiger partial charge is 0.497 e. The number of hydrogen-bond acceptors (Lipinski definition) is 3. The smallest absolute Gasteiger partial charge is 0.120 e. The first-order chi connectivity index (χ1) is 16.1. The molecule has 4 heteroatoms. The third-order valence-corrected chi connectivity index (χ3v) is 8.63. The minimum atomic E-state index is 0.266. The van der Waals surface area contributed by atoms with E-state index in [0.717, 1.165) is 11.5 Å². The van der Waals surface area contributed by atoms with Gasteiger partial charge in [-0.1, -0.05) is 38.1 Å². The molecule has 2 atom stereocenters. The van der Waals surface area contributed by atoms with Gasteiger partial charge in [0.1, 0.15) is 11.5 Å². The fourth-order valence-corrected chi connectivity index (χ4v) is 7.04. The van der Waals surface area contributed by atoms with E-state index in [2.05, 4.69) is 79.1 Å². The Labute approximate surface area is 196 Å². The number of rotatable bonds is 3. The zero-order chi connectivity index (χ0) is 22.4. The van der Waals surface area contributed by atoms with E-state index in [4.69, 9.17) is 9.47 Å². The highest BCUT2D eigenvalue weighted by molar-refractivity contribution is 7.26. The maximum absolute atomic E-state index is 5.52. The van der Waals surface area contributed by atoms with E-state index in [1.807, 2.05) is 11.3 Å². The van der Waals surface area contributed by atoms with Crippen LogP contribution in [0, 0.1) is 0 Å². The van der Waals surface area contributed by atoms with Gasteiger partial charge in [0.25, 0.3) is 0 Å². The van der Waals surface area contributed by atoms with Gasteiger partial charge in [-0.15, -0.1) is 11.3 Å². The summed E-state index contributed by atoms with van der Waals surface area (Å²) in [5.74, 6) is 2.66. The molecule has 2 unspecified atom stereocenters. The van der Waals surface area contributed by atoms with Crippen molar-refractivity contribution in [2.45, 2.75) is 31.7 Å². The summed E-state index contributed by atoms with van der Waals surface area (Å²) >= 11 is 1.89. The fourth-order valence-electron chi connectivity index (χ4n) is 5.80. The maximum atomic E-state index is 5.52. The molecule has 2 aliphatic rings. The molecule has 2 aromatic heterocycles. The number of thiophene rings is 1. The molecule has 0 radical (unpaired) electrons. The average molecular weight is 452 g/mol. The molecule has 7 rings (SSSR count). The van der Waals surface area contributed by atoms with Gasteiger partial charge in [-0.25, -0.2) is 0 Å². The highest BCUT2D eigenvalue weighted by atomic mass is 32.1. The van der Waals surface area contributed by atoms with Gasteiger partial charge in [-0.3, -0.25) is 0 Å². The van der Waals surface area contributed by atoms with E-state index in [1.54, 1.807) is 14.2 Å². The van der Waals surface area contributed by atoms with Crippen molar-refractivity contribution < 1.29 is 9.47 Å². The second kappa shape index (κ2) is 6.64. The topological polar surface area (TPSA) is 23.4 Å². The summed E-state index contributed by atoms with van der Waals surface area (Å²) in [6.07, 6.45) is 4.91. The lowest BCUT2D eigenvalue weighted by molar-refractivity contribution is 0.414.